The molecular weight excluding hydrogens is 328 g/mol. The molecule has 1 aliphatic heterocycles. The number of ether oxygens (including phenoxy) is 1. The lowest BCUT2D eigenvalue weighted by Crippen LogP contribution is -2.39. The molecule has 1 aromatic heterocycles. The summed E-state index contributed by atoms with van der Waals surface area (Å²) in [6.45, 7) is 3.91. The molecule has 0 aliphatic carbocycles. The first-order valence-electron chi connectivity index (χ1n) is 7.08. The summed E-state index contributed by atoms with van der Waals surface area (Å²) in [6, 6.07) is 11.5. The number of thiocarbonyl (C=S) groups is 1. The van der Waals surface area contributed by atoms with E-state index in [4.69, 9.17) is 17.0 Å². The molecule has 3 rings (SSSR count). The molecule has 1 fully saturated rings. The van der Waals surface area contributed by atoms with E-state index in [2.05, 4.69) is 0 Å². The molecule has 4 nitrogen and oxygen atoms in total. The number of amides is 1. The minimum Gasteiger partial charge on any atom is -0.497 e. The van der Waals surface area contributed by atoms with Crippen molar-refractivity contribution in [2.75, 3.05) is 12.1 Å². The van der Waals surface area contributed by atoms with Gasteiger partial charge in [-0.3, -0.25) is 9.47 Å². The van der Waals surface area contributed by atoms with Gasteiger partial charge in [0.15, 0.2) is 4.32 Å². The molecular formula is C17H16N2O2S2. The molecule has 0 unspecified atom stereocenters. The van der Waals surface area contributed by atoms with Crippen LogP contribution in [0.5, 0.6) is 5.75 Å². The van der Waals surface area contributed by atoms with Crippen LogP contribution in [0, 0.1) is 13.8 Å². The first kappa shape index (κ1) is 15.8. The second-order valence-electron chi connectivity index (χ2n) is 5.19. The molecule has 23 heavy (non-hydrogen) atoms. The third-order valence-corrected chi connectivity index (χ3v) is 4.90. The summed E-state index contributed by atoms with van der Waals surface area (Å²) in [4.78, 5) is 13.4. The SMILES string of the molecule is COc1ccc(C=C2SC(=S)N(n3c(C)ccc3C)C2=O)cc1. The second kappa shape index (κ2) is 6.22. The number of rotatable bonds is 3. The van der Waals surface area contributed by atoms with E-state index in [9.17, 15) is 4.79 Å². The van der Waals surface area contributed by atoms with Gasteiger partial charge in [-0.05, 0) is 62.0 Å². The number of hydrogen-bond acceptors (Lipinski definition) is 4. The number of nitrogens with zero attached hydrogens (tertiary/aromatic N) is 2. The van der Waals surface area contributed by atoms with Gasteiger partial charge in [0, 0.05) is 11.4 Å². The number of carbonyl (C=O) groups is 1. The Labute approximate surface area is 144 Å². The number of carbonyl (C=O) groups excluding carboxylic acids is 1. The zero-order chi connectivity index (χ0) is 16.6. The van der Waals surface area contributed by atoms with Gasteiger partial charge >= 0.3 is 0 Å². The van der Waals surface area contributed by atoms with E-state index in [0.717, 1.165) is 22.7 Å². The lowest BCUT2D eigenvalue weighted by atomic mass is 10.2. The van der Waals surface area contributed by atoms with Gasteiger partial charge in [-0.25, -0.2) is 0 Å². The number of aromatic nitrogens is 1. The number of thioether (sulfide) groups is 1. The van der Waals surface area contributed by atoms with Crippen molar-refractivity contribution in [1.82, 2.24) is 4.68 Å². The minimum absolute atomic E-state index is 0.0989. The molecule has 2 aromatic rings. The maximum absolute atomic E-state index is 12.8. The summed E-state index contributed by atoms with van der Waals surface area (Å²) >= 11 is 6.72. The number of hydrogen-bond donors (Lipinski definition) is 0. The van der Waals surface area contributed by atoms with E-state index in [0.29, 0.717) is 9.23 Å². The Morgan fingerprint density at radius 2 is 1.70 bits per heavy atom. The van der Waals surface area contributed by atoms with Crippen LogP contribution < -0.4 is 9.75 Å². The van der Waals surface area contributed by atoms with Crippen LogP contribution in [-0.2, 0) is 4.79 Å². The normalized spacial score (nSPS) is 16.5. The van der Waals surface area contributed by atoms with Gasteiger partial charge < -0.3 is 4.74 Å². The molecule has 1 aromatic carbocycles. The Hall–Kier alpha value is -2.05. The van der Waals surface area contributed by atoms with Gasteiger partial charge in [0.25, 0.3) is 5.91 Å². The molecule has 0 atom stereocenters. The zero-order valence-electron chi connectivity index (χ0n) is 13.1. The van der Waals surface area contributed by atoms with Gasteiger partial charge in [-0.1, -0.05) is 23.9 Å². The lowest BCUT2D eigenvalue weighted by Gasteiger charge is -2.20. The van der Waals surface area contributed by atoms with Crippen LogP contribution in [0.25, 0.3) is 6.08 Å². The quantitative estimate of drug-likeness (QED) is 0.629. The van der Waals surface area contributed by atoms with Crippen molar-refractivity contribution >= 4 is 40.3 Å². The van der Waals surface area contributed by atoms with Gasteiger partial charge in [0.05, 0.1) is 12.0 Å². The van der Waals surface area contributed by atoms with E-state index in [1.165, 1.54) is 11.8 Å². The Bertz CT molecular complexity index is 787. The van der Waals surface area contributed by atoms with Crippen LogP contribution in [0.15, 0.2) is 41.3 Å². The van der Waals surface area contributed by atoms with Crippen molar-refractivity contribution < 1.29 is 9.53 Å². The number of benzene rings is 1. The highest BCUT2D eigenvalue weighted by atomic mass is 32.2. The van der Waals surface area contributed by atoms with Gasteiger partial charge in [0.1, 0.15) is 5.75 Å². The molecule has 118 valence electrons. The van der Waals surface area contributed by atoms with Crippen LogP contribution in [0.4, 0.5) is 0 Å². The third-order valence-electron chi connectivity index (χ3n) is 3.62. The molecule has 0 radical (unpaired) electrons. The summed E-state index contributed by atoms with van der Waals surface area (Å²) in [6.07, 6.45) is 1.85. The van der Waals surface area contributed by atoms with Crippen LogP contribution >= 0.6 is 24.0 Å². The molecule has 1 amide bonds. The molecule has 2 heterocycles. The lowest BCUT2D eigenvalue weighted by molar-refractivity contribution is -0.114. The maximum atomic E-state index is 12.8. The Kier molecular flexibility index (Phi) is 4.28. The molecule has 0 bridgehead atoms. The van der Waals surface area contributed by atoms with Crippen molar-refractivity contribution in [2.45, 2.75) is 13.8 Å². The summed E-state index contributed by atoms with van der Waals surface area (Å²) in [7, 11) is 1.63. The predicted molar refractivity (Wildman–Crippen MR) is 98.3 cm³/mol. The predicted octanol–water partition coefficient (Wildman–Crippen LogP) is 3.65. The molecule has 0 spiro atoms. The monoisotopic (exact) mass is 344 g/mol. The Morgan fingerprint density at radius 1 is 1.09 bits per heavy atom. The van der Waals surface area contributed by atoms with Crippen LogP contribution in [0.2, 0.25) is 0 Å². The van der Waals surface area contributed by atoms with Crippen molar-refractivity contribution in [2.24, 2.45) is 0 Å². The smallest absolute Gasteiger partial charge is 0.285 e. The first-order valence-corrected chi connectivity index (χ1v) is 8.31. The highest BCUT2D eigenvalue weighted by Gasteiger charge is 2.34. The van der Waals surface area contributed by atoms with E-state index in [-0.39, 0.29) is 5.91 Å². The van der Waals surface area contributed by atoms with E-state index in [1.807, 2.05) is 61.0 Å². The number of methoxy groups -OCH3 is 1. The largest absolute Gasteiger partial charge is 0.497 e. The van der Waals surface area contributed by atoms with Gasteiger partial charge in [0.2, 0.25) is 0 Å². The Morgan fingerprint density at radius 3 is 2.26 bits per heavy atom. The van der Waals surface area contributed by atoms with Gasteiger partial charge in [-0.2, -0.15) is 5.01 Å². The first-order chi connectivity index (χ1) is 11.0. The average molecular weight is 344 g/mol. The fourth-order valence-electron chi connectivity index (χ4n) is 2.46. The molecule has 0 saturated carbocycles. The second-order valence-corrected chi connectivity index (χ2v) is 6.87. The van der Waals surface area contributed by atoms with Crippen molar-refractivity contribution in [3.8, 4) is 5.75 Å². The molecule has 0 N–H and O–H groups in total. The van der Waals surface area contributed by atoms with Crippen molar-refractivity contribution in [1.29, 1.82) is 0 Å². The fourth-order valence-corrected chi connectivity index (χ4v) is 3.70. The highest BCUT2D eigenvalue weighted by Crippen LogP contribution is 2.32. The summed E-state index contributed by atoms with van der Waals surface area (Å²) in [5, 5.41) is 1.56. The fraction of sp³-hybridized carbons (Fsp3) is 0.176. The average Bonchev–Trinajstić information content (AvgIpc) is 3.00. The zero-order valence-corrected chi connectivity index (χ0v) is 14.7. The van der Waals surface area contributed by atoms with Crippen LogP contribution in [0.1, 0.15) is 17.0 Å². The van der Waals surface area contributed by atoms with E-state index >= 15 is 0 Å². The Balaban J connectivity index is 1.93. The maximum Gasteiger partial charge on any atom is 0.285 e. The highest BCUT2D eigenvalue weighted by molar-refractivity contribution is 8.27. The minimum atomic E-state index is -0.0989. The summed E-state index contributed by atoms with van der Waals surface area (Å²) in [5.41, 5.74) is 2.89. The molecule has 6 heteroatoms. The van der Waals surface area contributed by atoms with Crippen LogP contribution in [0.3, 0.4) is 0 Å². The topological polar surface area (TPSA) is 34.5 Å². The van der Waals surface area contributed by atoms with Crippen molar-refractivity contribution in [3.63, 3.8) is 0 Å². The number of aryl methyl sites for hydroxylation is 2. The summed E-state index contributed by atoms with van der Waals surface area (Å²) < 4.78 is 7.54. The van der Waals surface area contributed by atoms with Crippen molar-refractivity contribution in [3.05, 3.63) is 58.3 Å². The summed E-state index contributed by atoms with van der Waals surface area (Å²) in [5.74, 6) is 0.687. The van der Waals surface area contributed by atoms with E-state index < -0.39 is 0 Å². The van der Waals surface area contributed by atoms with E-state index in [1.54, 1.807) is 12.1 Å². The third kappa shape index (κ3) is 2.92. The molecule has 1 saturated heterocycles. The van der Waals surface area contributed by atoms with Crippen LogP contribution in [-0.4, -0.2) is 22.0 Å². The molecule has 1 aliphatic rings. The van der Waals surface area contributed by atoms with Gasteiger partial charge in [-0.15, -0.1) is 0 Å². The standard InChI is InChI=1S/C17H16N2O2S2/c1-11-4-5-12(2)18(11)19-16(20)15(23-17(19)22)10-13-6-8-14(21-3)9-7-13/h4-10H,1-3H3.